The standard InChI is InChI=1S/C21H26ClN3O5S3/c1-12(2)24-10-8-13-15(11-24)31-20(18(13)21(27)30-3)23-19(26)14-5-4-9-25(14)33(28,29)17-7-6-16(22)32-17/h6-7,12,14H,4-5,8-11H2,1-3H3,(H,23,26). The number of nitrogens with one attached hydrogen (secondary N) is 1. The highest BCUT2D eigenvalue weighted by molar-refractivity contribution is 7.91. The first-order valence-corrected chi connectivity index (χ1v) is 14.1. The molecular formula is C21H26ClN3O5S3. The molecule has 1 amide bonds. The number of anilines is 1. The second-order valence-electron chi connectivity index (χ2n) is 8.34. The summed E-state index contributed by atoms with van der Waals surface area (Å²) in [6.07, 6.45) is 1.67. The Balaban J connectivity index is 1.61. The van der Waals surface area contributed by atoms with Crippen LogP contribution < -0.4 is 5.32 Å². The summed E-state index contributed by atoms with van der Waals surface area (Å²) in [5, 5.41) is 3.28. The zero-order valence-electron chi connectivity index (χ0n) is 18.6. The SMILES string of the molecule is COC(=O)c1c(NC(=O)C2CCCN2S(=O)(=O)c2ccc(Cl)s2)sc2c1CCN(C(C)C)C2. The van der Waals surface area contributed by atoms with Crippen LogP contribution in [-0.4, -0.2) is 61.8 Å². The largest absolute Gasteiger partial charge is 0.465 e. The van der Waals surface area contributed by atoms with Crippen LogP contribution in [0.2, 0.25) is 4.34 Å². The van der Waals surface area contributed by atoms with Crippen molar-refractivity contribution >= 4 is 61.2 Å². The normalized spacial score (nSPS) is 19.6. The van der Waals surface area contributed by atoms with Gasteiger partial charge in [0.05, 0.1) is 17.0 Å². The number of thiophene rings is 2. The van der Waals surface area contributed by atoms with Crippen LogP contribution in [0, 0.1) is 0 Å². The third kappa shape index (κ3) is 4.71. The third-order valence-electron chi connectivity index (χ3n) is 6.06. The van der Waals surface area contributed by atoms with E-state index in [9.17, 15) is 18.0 Å². The van der Waals surface area contributed by atoms with Crippen molar-refractivity contribution in [3.8, 4) is 0 Å². The van der Waals surface area contributed by atoms with Crippen LogP contribution >= 0.6 is 34.3 Å². The Hall–Kier alpha value is -1.50. The maximum Gasteiger partial charge on any atom is 0.341 e. The second-order valence-corrected chi connectivity index (χ2v) is 13.3. The van der Waals surface area contributed by atoms with E-state index in [0.717, 1.165) is 28.3 Å². The van der Waals surface area contributed by atoms with Gasteiger partial charge >= 0.3 is 5.97 Å². The van der Waals surface area contributed by atoms with Crippen molar-refractivity contribution in [3.05, 3.63) is 32.5 Å². The molecule has 8 nitrogen and oxygen atoms in total. The van der Waals surface area contributed by atoms with Gasteiger partial charge in [0.2, 0.25) is 5.91 Å². The summed E-state index contributed by atoms with van der Waals surface area (Å²) in [6, 6.07) is 2.50. The van der Waals surface area contributed by atoms with Crippen LogP contribution in [0.4, 0.5) is 5.00 Å². The molecule has 180 valence electrons. The van der Waals surface area contributed by atoms with E-state index >= 15 is 0 Å². The molecule has 33 heavy (non-hydrogen) atoms. The Labute approximate surface area is 206 Å². The molecule has 1 unspecified atom stereocenters. The predicted molar refractivity (Wildman–Crippen MR) is 130 cm³/mol. The molecule has 1 atom stereocenters. The fourth-order valence-corrected chi connectivity index (χ4v) is 8.84. The van der Waals surface area contributed by atoms with Gasteiger partial charge in [-0.1, -0.05) is 11.6 Å². The van der Waals surface area contributed by atoms with Crippen LogP contribution in [0.15, 0.2) is 16.3 Å². The first-order valence-electron chi connectivity index (χ1n) is 10.7. The molecule has 0 aromatic carbocycles. The number of hydrogen-bond acceptors (Lipinski definition) is 8. The number of nitrogens with zero attached hydrogens (tertiary/aromatic N) is 2. The fourth-order valence-electron chi connectivity index (χ4n) is 4.31. The molecule has 0 spiro atoms. The number of ether oxygens (including phenoxy) is 1. The summed E-state index contributed by atoms with van der Waals surface area (Å²) in [6.45, 7) is 6.01. The molecule has 1 N–H and O–H groups in total. The van der Waals surface area contributed by atoms with Crippen molar-refractivity contribution in [2.45, 2.75) is 55.9 Å². The Morgan fingerprint density at radius 3 is 2.64 bits per heavy atom. The molecule has 2 aromatic heterocycles. The molecule has 2 aromatic rings. The average molecular weight is 532 g/mol. The molecule has 4 heterocycles. The molecule has 1 fully saturated rings. The lowest BCUT2D eigenvalue weighted by Gasteiger charge is -2.30. The third-order valence-corrected chi connectivity index (χ3v) is 10.8. The van der Waals surface area contributed by atoms with Crippen LogP contribution in [0.25, 0.3) is 0 Å². The highest BCUT2D eigenvalue weighted by atomic mass is 35.5. The molecule has 2 aliphatic rings. The first-order chi connectivity index (χ1) is 15.6. The molecule has 12 heteroatoms. The van der Waals surface area contributed by atoms with Gasteiger partial charge in [0.1, 0.15) is 15.3 Å². The minimum atomic E-state index is -3.84. The van der Waals surface area contributed by atoms with E-state index in [2.05, 4.69) is 24.1 Å². The van der Waals surface area contributed by atoms with E-state index in [-0.39, 0.29) is 10.8 Å². The highest BCUT2D eigenvalue weighted by Crippen LogP contribution is 2.39. The van der Waals surface area contributed by atoms with Crippen LogP contribution in [0.3, 0.4) is 0 Å². The van der Waals surface area contributed by atoms with Gasteiger partial charge < -0.3 is 10.1 Å². The zero-order valence-corrected chi connectivity index (χ0v) is 21.8. The molecule has 0 bridgehead atoms. The number of methoxy groups -OCH3 is 1. The summed E-state index contributed by atoms with van der Waals surface area (Å²) in [5.74, 6) is -0.937. The van der Waals surface area contributed by atoms with Crippen LogP contribution in [0.5, 0.6) is 0 Å². The Bertz CT molecular complexity index is 1170. The van der Waals surface area contributed by atoms with Crippen molar-refractivity contribution in [3.63, 3.8) is 0 Å². The lowest BCUT2D eigenvalue weighted by molar-refractivity contribution is -0.119. The average Bonchev–Trinajstić information content (AvgIpc) is 3.50. The van der Waals surface area contributed by atoms with Crippen molar-refractivity contribution in [1.29, 1.82) is 0 Å². The number of halogens is 1. The smallest absolute Gasteiger partial charge is 0.341 e. The fraction of sp³-hybridized carbons (Fsp3) is 0.524. The number of carbonyl (C=O) groups excluding carboxylic acids is 2. The molecule has 0 saturated carbocycles. The number of rotatable bonds is 6. The number of carbonyl (C=O) groups is 2. The van der Waals surface area contributed by atoms with E-state index < -0.39 is 27.9 Å². The van der Waals surface area contributed by atoms with E-state index in [1.54, 1.807) is 0 Å². The molecular weight excluding hydrogens is 506 g/mol. The van der Waals surface area contributed by atoms with Gasteiger partial charge in [0.25, 0.3) is 10.0 Å². The molecule has 2 aliphatic heterocycles. The number of amides is 1. The summed E-state index contributed by atoms with van der Waals surface area (Å²) >= 11 is 8.26. The monoisotopic (exact) mass is 531 g/mol. The van der Waals surface area contributed by atoms with Gasteiger partial charge in [-0.05, 0) is 50.8 Å². The van der Waals surface area contributed by atoms with E-state index in [4.69, 9.17) is 16.3 Å². The van der Waals surface area contributed by atoms with Crippen molar-refractivity contribution < 1.29 is 22.7 Å². The summed E-state index contributed by atoms with van der Waals surface area (Å²) in [4.78, 5) is 29.2. The predicted octanol–water partition coefficient (Wildman–Crippen LogP) is 3.81. The van der Waals surface area contributed by atoms with Gasteiger partial charge in [-0.3, -0.25) is 9.69 Å². The van der Waals surface area contributed by atoms with Crippen molar-refractivity contribution in [1.82, 2.24) is 9.21 Å². The van der Waals surface area contributed by atoms with Gasteiger partial charge in [-0.2, -0.15) is 4.31 Å². The first kappa shape index (κ1) is 24.6. The zero-order chi connectivity index (χ0) is 23.9. The molecule has 1 saturated heterocycles. The maximum absolute atomic E-state index is 13.3. The van der Waals surface area contributed by atoms with Gasteiger partial charge in [-0.15, -0.1) is 22.7 Å². The lowest BCUT2D eigenvalue weighted by Crippen LogP contribution is -2.42. The topological polar surface area (TPSA) is 96.0 Å². The van der Waals surface area contributed by atoms with E-state index in [0.29, 0.717) is 46.7 Å². The summed E-state index contributed by atoms with van der Waals surface area (Å²) in [7, 11) is -2.52. The van der Waals surface area contributed by atoms with Crippen molar-refractivity contribution in [2.24, 2.45) is 0 Å². The molecule has 4 rings (SSSR count). The Kier molecular flexibility index (Phi) is 7.18. The van der Waals surface area contributed by atoms with Crippen LogP contribution in [0.1, 0.15) is 47.5 Å². The minimum Gasteiger partial charge on any atom is -0.465 e. The van der Waals surface area contributed by atoms with Gasteiger partial charge in [-0.25, -0.2) is 13.2 Å². The number of sulfonamides is 1. The summed E-state index contributed by atoms with van der Waals surface area (Å²) < 4.78 is 33.0. The summed E-state index contributed by atoms with van der Waals surface area (Å²) in [5.41, 5.74) is 1.29. The van der Waals surface area contributed by atoms with Gasteiger partial charge in [0.15, 0.2) is 0 Å². The Morgan fingerprint density at radius 1 is 1.24 bits per heavy atom. The van der Waals surface area contributed by atoms with Gasteiger partial charge in [0, 0.05) is 30.6 Å². The maximum atomic E-state index is 13.3. The lowest BCUT2D eigenvalue weighted by atomic mass is 10.0. The highest BCUT2D eigenvalue weighted by Gasteiger charge is 2.41. The molecule has 0 aliphatic carbocycles. The number of hydrogen-bond donors (Lipinski definition) is 1. The Morgan fingerprint density at radius 2 is 2.00 bits per heavy atom. The number of fused-ring (bicyclic) bond motifs is 1. The van der Waals surface area contributed by atoms with E-state index in [1.807, 2.05) is 0 Å². The second kappa shape index (κ2) is 9.63. The quantitative estimate of drug-likeness (QED) is 0.569. The minimum absolute atomic E-state index is 0.114. The van der Waals surface area contributed by atoms with Crippen LogP contribution in [-0.2, 0) is 32.5 Å². The number of esters is 1. The van der Waals surface area contributed by atoms with E-state index in [1.165, 1.54) is 34.9 Å². The molecule has 0 radical (unpaired) electrons. The van der Waals surface area contributed by atoms with Crippen molar-refractivity contribution in [2.75, 3.05) is 25.5 Å².